The molecule has 8 heteroatoms. The van der Waals surface area contributed by atoms with Gasteiger partial charge in [0.15, 0.2) is 10.9 Å². The minimum atomic E-state index is -0.0974. The second kappa shape index (κ2) is 9.67. The highest BCUT2D eigenvalue weighted by Gasteiger charge is 2.18. The number of fused-ring (bicyclic) bond motifs is 3. The zero-order chi connectivity index (χ0) is 22.7. The van der Waals surface area contributed by atoms with Gasteiger partial charge < -0.3 is 4.74 Å². The Hall–Kier alpha value is -2.97. The molecule has 0 aliphatic heterocycles. The van der Waals surface area contributed by atoms with Crippen LogP contribution >= 0.6 is 11.8 Å². The maximum atomic E-state index is 13.1. The largest absolute Gasteiger partial charge is 0.382 e. The van der Waals surface area contributed by atoms with Gasteiger partial charge in [0.25, 0.3) is 5.56 Å². The van der Waals surface area contributed by atoms with Crippen molar-refractivity contribution in [1.82, 2.24) is 19.2 Å². The molecule has 0 aliphatic rings. The van der Waals surface area contributed by atoms with Crippen LogP contribution in [0.15, 0.2) is 52.4 Å². The molecule has 0 amide bonds. The third kappa shape index (κ3) is 4.33. The summed E-state index contributed by atoms with van der Waals surface area (Å²) in [6, 6.07) is 13.2. The average molecular weight is 451 g/mol. The lowest BCUT2D eigenvalue weighted by atomic mass is 10.0. The second-order valence-corrected chi connectivity index (χ2v) is 8.60. The number of aryl methyl sites for hydroxylation is 3. The van der Waals surface area contributed by atoms with Crippen LogP contribution in [0.1, 0.15) is 34.8 Å². The summed E-state index contributed by atoms with van der Waals surface area (Å²) in [6.45, 7) is 7.67. The number of carbonyl (C=O) groups is 1. The van der Waals surface area contributed by atoms with Gasteiger partial charge in [0, 0.05) is 25.3 Å². The molecule has 0 spiro atoms. The summed E-state index contributed by atoms with van der Waals surface area (Å²) in [5.41, 5.74) is 3.58. The van der Waals surface area contributed by atoms with Crippen molar-refractivity contribution in [3.63, 3.8) is 0 Å². The Bertz CT molecular complexity index is 1340. The fraction of sp³-hybridized carbons (Fsp3) is 0.333. The van der Waals surface area contributed by atoms with Gasteiger partial charge in [0.2, 0.25) is 5.78 Å². The van der Waals surface area contributed by atoms with Gasteiger partial charge >= 0.3 is 0 Å². The summed E-state index contributed by atoms with van der Waals surface area (Å²) in [6.07, 6.45) is 0.697. The van der Waals surface area contributed by atoms with Crippen LogP contribution in [0.2, 0.25) is 0 Å². The van der Waals surface area contributed by atoms with Crippen LogP contribution in [-0.4, -0.2) is 43.9 Å². The fourth-order valence-corrected chi connectivity index (χ4v) is 4.46. The first-order chi connectivity index (χ1) is 15.5. The van der Waals surface area contributed by atoms with E-state index < -0.39 is 0 Å². The number of Topliss-reactive ketones (excluding diaryl/α,β-unsaturated/α-hetero) is 1. The maximum Gasteiger partial charge on any atom is 0.262 e. The lowest BCUT2D eigenvalue weighted by molar-refractivity contribution is 0.102. The molecule has 2 heterocycles. The smallest absolute Gasteiger partial charge is 0.262 e. The molecule has 7 nitrogen and oxygen atoms in total. The number of aromatic nitrogens is 4. The minimum absolute atomic E-state index is 0.0317. The first kappa shape index (κ1) is 22.2. The van der Waals surface area contributed by atoms with Crippen molar-refractivity contribution in [3.8, 4) is 0 Å². The quantitative estimate of drug-likeness (QED) is 0.217. The third-order valence-electron chi connectivity index (χ3n) is 5.51. The molecule has 0 atom stereocenters. The van der Waals surface area contributed by atoms with Crippen molar-refractivity contribution in [2.24, 2.45) is 0 Å². The lowest BCUT2D eigenvalue weighted by Crippen LogP contribution is -2.24. The van der Waals surface area contributed by atoms with E-state index in [1.165, 1.54) is 11.8 Å². The molecular formula is C24H26N4O3S. The molecule has 0 fully saturated rings. The standard InChI is InChI=1S/C24H26N4O3S/c1-4-31-13-7-12-27-22(30)19-8-5-6-9-20(19)28-23(27)25-26-24(28)32-15-21(29)18-11-10-16(2)17(3)14-18/h5-6,8-11,14H,4,7,12-13,15H2,1-3H3. The summed E-state index contributed by atoms with van der Waals surface area (Å²) in [7, 11) is 0. The van der Waals surface area contributed by atoms with Crippen LogP contribution in [0.5, 0.6) is 0 Å². The SMILES string of the molecule is CCOCCCn1c(=O)c2ccccc2n2c(SCC(=O)c3ccc(C)c(C)c3)nnc12. The summed E-state index contributed by atoms with van der Waals surface area (Å²) >= 11 is 1.33. The van der Waals surface area contributed by atoms with E-state index >= 15 is 0 Å². The second-order valence-electron chi connectivity index (χ2n) is 7.65. The maximum absolute atomic E-state index is 13.1. The zero-order valence-corrected chi connectivity index (χ0v) is 19.3. The molecule has 2 aromatic heterocycles. The number of benzene rings is 2. The molecule has 4 rings (SSSR count). The van der Waals surface area contributed by atoms with Gasteiger partial charge in [-0.3, -0.25) is 18.6 Å². The predicted molar refractivity (Wildman–Crippen MR) is 127 cm³/mol. The number of hydrogen-bond donors (Lipinski definition) is 0. The van der Waals surface area contributed by atoms with Crippen molar-refractivity contribution in [2.45, 2.75) is 38.9 Å². The van der Waals surface area contributed by atoms with Crippen LogP contribution < -0.4 is 5.56 Å². The van der Waals surface area contributed by atoms with Crippen molar-refractivity contribution >= 4 is 34.2 Å². The normalized spacial score (nSPS) is 11.5. The minimum Gasteiger partial charge on any atom is -0.382 e. The van der Waals surface area contributed by atoms with Crippen LogP contribution in [0.3, 0.4) is 0 Å². The topological polar surface area (TPSA) is 78.5 Å². The predicted octanol–water partition coefficient (Wildman–Crippen LogP) is 4.06. The molecule has 0 bridgehead atoms. The van der Waals surface area contributed by atoms with Crippen LogP contribution in [-0.2, 0) is 11.3 Å². The number of ketones is 1. The monoisotopic (exact) mass is 450 g/mol. The molecule has 0 saturated heterocycles. The highest BCUT2D eigenvalue weighted by molar-refractivity contribution is 7.99. The van der Waals surface area contributed by atoms with Crippen LogP contribution in [0, 0.1) is 13.8 Å². The number of para-hydroxylation sites is 1. The molecule has 0 aliphatic carbocycles. The molecule has 0 N–H and O–H groups in total. The highest BCUT2D eigenvalue weighted by Crippen LogP contribution is 2.23. The number of rotatable bonds is 9. The number of nitrogens with zero attached hydrogens (tertiary/aromatic N) is 4. The van der Waals surface area contributed by atoms with Crippen molar-refractivity contribution in [1.29, 1.82) is 0 Å². The van der Waals surface area contributed by atoms with E-state index in [1.54, 1.807) is 4.57 Å². The van der Waals surface area contributed by atoms with E-state index in [-0.39, 0.29) is 17.1 Å². The summed E-state index contributed by atoms with van der Waals surface area (Å²) in [4.78, 5) is 25.9. The van der Waals surface area contributed by atoms with Crippen LogP contribution in [0.25, 0.3) is 16.7 Å². The summed E-state index contributed by atoms with van der Waals surface area (Å²) < 4.78 is 8.94. The first-order valence-corrected chi connectivity index (χ1v) is 11.7. The molecule has 0 saturated carbocycles. The van der Waals surface area contributed by atoms with Crippen LogP contribution in [0.4, 0.5) is 0 Å². The molecule has 0 radical (unpaired) electrons. The first-order valence-electron chi connectivity index (χ1n) is 10.7. The third-order valence-corrected chi connectivity index (χ3v) is 6.44. The lowest BCUT2D eigenvalue weighted by Gasteiger charge is -2.11. The van der Waals surface area contributed by atoms with Gasteiger partial charge in [0.1, 0.15) is 0 Å². The Morgan fingerprint density at radius 2 is 1.91 bits per heavy atom. The van der Waals surface area contributed by atoms with Crippen molar-refractivity contribution in [2.75, 3.05) is 19.0 Å². The number of carbonyl (C=O) groups excluding carboxylic acids is 1. The Balaban J connectivity index is 1.68. The number of hydrogen-bond acceptors (Lipinski definition) is 6. The molecule has 2 aromatic carbocycles. The van der Waals surface area contributed by atoms with E-state index in [0.717, 1.165) is 16.6 Å². The average Bonchev–Trinajstić information content (AvgIpc) is 3.22. The molecular weight excluding hydrogens is 424 g/mol. The number of thioether (sulfide) groups is 1. The van der Waals surface area contributed by atoms with Gasteiger partial charge in [-0.05, 0) is 56.5 Å². The van der Waals surface area contributed by atoms with Crippen molar-refractivity contribution in [3.05, 3.63) is 69.5 Å². The van der Waals surface area contributed by atoms with Crippen molar-refractivity contribution < 1.29 is 9.53 Å². The summed E-state index contributed by atoms with van der Waals surface area (Å²) in [5, 5.41) is 9.82. The Labute approximate surface area is 190 Å². The molecule has 0 unspecified atom stereocenters. The van der Waals surface area contributed by atoms with E-state index in [2.05, 4.69) is 10.2 Å². The zero-order valence-electron chi connectivity index (χ0n) is 18.5. The molecule has 4 aromatic rings. The Morgan fingerprint density at radius 3 is 2.69 bits per heavy atom. The van der Waals surface area contributed by atoms with E-state index in [4.69, 9.17) is 4.74 Å². The van der Waals surface area contributed by atoms with Gasteiger partial charge in [-0.25, -0.2) is 0 Å². The van der Waals surface area contributed by atoms with Gasteiger partial charge in [-0.2, -0.15) is 0 Å². The molecule has 32 heavy (non-hydrogen) atoms. The summed E-state index contributed by atoms with van der Waals surface area (Å²) in [5.74, 6) is 0.747. The van der Waals surface area contributed by atoms with Gasteiger partial charge in [-0.15, -0.1) is 10.2 Å². The highest BCUT2D eigenvalue weighted by atomic mass is 32.2. The Morgan fingerprint density at radius 1 is 1.09 bits per heavy atom. The van der Waals surface area contributed by atoms with Gasteiger partial charge in [-0.1, -0.05) is 36.0 Å². The fourth-order valence-electron chi connectivity index (χ4n) is 3.63. The van der Waals surface area contributed by atoms with E-state index in [1.807, 2.05) is 67.6 Å². The number of ether oxygens (including phenoxy) is 1. The van der Waals surface area contributed by atoms with E-state index in [0.29, 0.717) is 48.1 Å². The van der Waals surface area contributed by atoms with E-state index in [9.17, 15) is 9.59 Å². The Kier molecular flexibility index (Phi) is 6.72. The molecule has 166 valence electrons. The van der Waals surface area contributed by atoms with Gasteiger partial charge in [0.05, 0.1) is 16.7 Å².